The summed E-state index contributed by atoms with van der Waals surface area (Å²) in [6.07, 6.45) is 0. The van der Waals surface area contributed by atoms with Crippen LogP contribution >= 0.6 is 15.9 Å². The van der Waals surface area contributed by atoms with Gasteiger partial charge in [0.15, 0.2) is 5.76 Å². The topological polar surface area (TPSA) is 61.3 Å². The molecule has 0 saturated carbocycles. The van der Waals surface area contributed by atoms with Gasteiger partial charge in [0.1, 0.15) is 12.4 Å². The van der Waals surface area contributed by atoms with E-state index in [2.05, 4.69) is 27.2 Å². The lowest BCUT2D eigenvalue weighted by molar-refractivity contribution is 0.247. The number of ether oxygens (including phenoxy) is 1. The third-order valence-corrected chi connectivity index (χ3v) is 3.83. The van der Waals surface area contributed by atoms with Gasteiger partial charge in [0.05, 0.1) is 10.2 Å². The third kappa shape index (κ3) is 2.55. The Morgan fingerprint density at radius 3 is 2.85 bits per heavy atom. The molecule has 102 valence electrons. The van der Waals surface area contributed by atoms with Gasteiger partial charge in [0.2, 0.25) is 0 Å². The summed E-state index contributed by atoms with van der Waals surface area (Å²) in [5, 5.41) is 6.11. The molecule has 0 fully saturated rings. The molecule has 20 heavy (non-hydrogen) atoms. The third-order valence-electron chi connectivity index (χ3n) is 3.01. The number of fused-ring (bicyclic) bond motifs is 1. The molecule has 0 unspecified atom stereocenters. The van der Waals surface area contributed by atoms with Gasteiger partial charge in [-0.1, -0.05) is 35.5 Å². The van der Waals surface area contributed by atoms with E-state index >= 15 is 0 Å². The molecule has 2 N–H and O–H groups in total. The fourth-order valence-corrected chi connectivity index (χ4v) is 2.60. The molecular weight excluding hydrogens is 320 g/mol. The summed E-state index contributed by atoms with van der Waals surface area (Å²) in [6, 6.07) is 13.9. The van der Waals surface area contributed by atoms with Crippen molar-refractivity contribution >= 4 is 26.7 Å². The molecule has 0 aliphatic carbocycles. The SMILES string of the molecule is NCc1cc(COc2ccc3ccccc3c2Br)on1. The van der Waals surface area contributed by atoms with Gasteiger partial charge in [0, 0.05) is 12.6 Å². The van der Waals surface area contributed by atoms with Crippen LogP contribution in [0.4, 0.5) is 0 Å². The number of halogens is 1. The Hall–Kier alpha value is -1.85. The lowest BCUT2D eigenvalue weighted by atomic mass is 10.1. The first kappa shape index (κ1) is 13.1. The molecule has 0 radical (unpaired) electrons. The van der Waals surface area contributed by atoms with Crippen molar-refractivity contribution in [3.8, 4) is 5.75 Å². The highest BCUT2D eigenvalue weighted by atomic mass is 79.9. The summed E-state index contributed by atoms with van der Waals surface area (Å²) in [4.78, 5) is 0. The predicted octanol–water partition coefficient (Wildman–Crippen LogP) is 3.63. The molecule has 0 bridgehead atoms. The Morgan fingerprint density at radius 1 is 1.20 bits per heavy atom. The van der Waals surface area contributed by atoms with Crippen molar-refractivity contribution in [1.29, 1.82) is 0 Å². The van der Waals surface area contributed by atoms with E-state index in [1.165, 1.54) is 0 Å². The second kappa shape index (κ2) is 5.64. The summed E-state index contributed by atoms with van der Waals surface area (Å²) in [6.45, 7) is 0.688. The van der Waals surface area contributed by atoms with Crippen LogP contribution in [0.3, 0.4) is 0 Å². The summed E-state index contributed by atoms with van der Waals surface area (Å²) in [5.41, 5.74) is 6.21. The molecule has 4 nitrogen and oxygen atoms in total. The molecule has 3 rings (SSSR count). The normalized spacial score (nSPS) is 10.9. The van der Waals surface area contributed by atoms with E-state index in [1.54, 1.807) is 6.07 Å². The fourth-order valence-electron chi connectivity index (χ4n) is 1.99. The smallest absolute Gasteiger partial charge is 0.174 e. The van der Waals surface area contributed by atoms with E-state index in [4.69, 9.17) is 15.0 Å². The number of nitrogens with two attached hydrogens (primary N) is 1. The van der Waals surface area contributed by atoms with Gasteiger partial charge in [-0.2, -0.15) is 0 Å². The minimum Gasteiger partial charge on any atom is -0.484 e. The van der Waals surface area contributed by atoms with E-state index in [0.29, 0.717) is 18.9 Å². The zero-order chi connectivity index (χ0) is 13.9. The molecule has 0 saturated heterocycles. The Balaban J connectivity index is 1.82. The van der Waals surface area contributed by atoms with Crippen LogP contribution in [-0.2, 0) is 13.2 Å². The molecule has 1 heterocycles. The zero-order valence-electron chi connectivity index (χ0n) is 10.7. The first-order chi connectivity index (χ1) is 9.78. The van der Waals surface area contributed by atoms with E-state index in [-0.39, 0.29) is 0 Å². The van der Waals surface area contributed by atoms with Crippen molar-refractivity contribution in [1.82, 2.24) is 5.16 Å². The monoisotopic (exact) mass is 332 g/mol. The van der Waals surface area contributed by atoms with Crippen molar-refractivity contribution in [3.05, 3.63) is 58.4 Å². The quantitative estimate of drug-likeness (QED) is 0.792. The highest BCUT2D eigenvalue weighted by Gasteiger charge is 2.08. The average Bonchev–Trinajstić information content (AvgIpc) is 2.95. The molecule has 0 aliphatic heterocycles. The molecule has 0 amide bonds. The van der Waals surface area contributed by atoms with Crippen LogP contribution in [0.15, 0.2) is 51.5 Å². The fraction of sp³-hybridized carbons (Fsp3) is 0.133. The van der Waals surface area contributed by atoms with Gasteiger partial charge in [-0.25, -0.2) is 0 Å². The van der Waals surface area contributed by atoms with Gasteiger partial charge in [-0.15, -0.1) is 0 Å². The first-order valence-corrected chi connectivity index (χ1v) is 7.02. The van der Waals surface area contributed by atoms with E-state index in [9.17, 15) is 0 Å². The number of rotatable bonds is 4. The van der Waals surface area contributed by atoms with Crippen molar-refractivity contribution in [2.75, 3.05) is 0 Å². The van der Waals surface area contributed by atoms with Crippen molar-refractivity contribution < 1.29 is 9.26 Å². The summed E-state index contributed by atoms with van der Waals surface area (Å²) >= 11 is 3.58. The van der Waals surface area contributed by atoms with Crippen LogP contribution in [0.5, 0.6) is 5.75 Å². The predicted molar refractivity (Wildman–Crippen MR) is 80.4 cm³/mol. The van der Waals surface area contributed by atoms with Crippen LogP contribution < -0.4 is 10.5 Å². The maximum absolute atomic E-state index is 5.77. The largest absolute Gasteiger partial charge is 0.484 e. The van der Waals surface area contributed by atoms with Crippen molar-refractivity contribution in [2.45, 2.75) is 13.2 Å². The van der Waals surface area contributed by atoms with Crippen molar-refractivity contribution in [3.63, 3.8) is 0 Å². The second-order valence-electron chi connectivity index (χ2n) is 4.38. The molecule has 0 aliphatic rings. The van der Waals surface area contributed by atoms with E-state index in [1.807, 2.05) is 30.3 Å². The number of nitrogens with zero attached hydrogens (tertiary/aromatic N) is 1. The number of hydrogen-bond acceptors (Lipinski definition) is 4. The summed E-state index contributed by atoms with van der Waals surface area (Å²) in [7, 11) is 0. The lowest BCUT2D eigenvalue weighted by Gasteiger charge is -2.08. The van der Waals surface area contributed by atoms with Crippen LogP contribution in [0.1, 0.15) is 11.5 Å². The van der Waals surface area contributed by atoms with Crippen LogP contribution in [0.25, 0.3) is 10.8 Å². The Bertz CT molecular complexity index is 740. The Kier molecular flexibility index (Phi) is 3.71. The molecule has 0 spiro atoms. The summed E-state index contributed by atoms with van der Waals surface area (Å²) < 4.78 is 11.8. The Labute approximate surface area is 124 Å². The maximum Gasteiger partial charge on any atom is 0.174 e. The van der Waals surface area contributed by atoms with Crippen LogP contribution in [0, 0.1) is 0 Å². The molecule has 3 aromatic rings. The highest BCUT2D eigenvalue weighted by molar-refractivity contribution is 9.10. The molecule has 0 atom stereocenters. The molecule has 5 heteroatoms. The highest BCUT2D eigenvalue weighted by Crippen LogP contribution is 2.33. The van der Waals surface area contributed by atoms with Gasteiger partial charge in [-0.3, -0.25) is 0 Å². The standard InChI is InChI=1S/C15H13BrN2O2/c16-15-13-4-2-1-3-10(13)5-6-14(15)19-9-12-7-11(8-17)18-20-12/h1-7H,8-9,17H2. The molecular formula is C15H13BrN2O2. The van der Waals surface area contributed by atoms with E-state index < -0.39 is 0 Å². The Morgan fingerprint density at radius 2 is 2.05 bits per heavy atom. The lowest BCUT2D eigenvalue weighted by Crippen LogP contribution is -1.96. The average molecular weight is 333 g/mol. The first-order valence-electron chi connectivity index (χ1n) is 6.22. The molecule has 1 aromatic heterocycles. The minimum atomic E-state index is 0.323. The van der Waals surface area contributed by atoms with Crippen molar-refractivity contribution in [2.24, 2.45) is 5.73 Å². The van der Waals surface area contributed by atoms with Gasteiger partial charge >= 0.3 is 0 Å². The second-order valence-corrected chi connectivity index (χ2v) is 5.17. The van der Waals surface area contributed by atoms with Gasteiger partial charge < -0.3 is 15.0 Å². The van der Waals surface area contributed by atoms with Crippen LogP contribution in [0.2, 0.25) is 0 Å². The number of benzene rings is 2. The van der Waals surface area contributed by atoms with E-state index in [0.717, 1.165) is 26.7 Å². The number of hydrogen-bond donors (Lipinski definition) is 1. The van der Waals surface area contributed by atoms with Gasteiger partial charge in [0.25, 0.3) is 0 Å². The molecule has 2 aromatic carbocycles. The van der Waals surface area contributed by atoms with Gasteiger partial charge in [-0.05, 0) is 32.8 Å². The number of aromatic nitrogens is 1. The zero-order valence-corrected chi connectivity index (χ0v) is 12.3. The maximum atomic E-state index is 5.77. The van der Waals surface area contributed by atoms with Crippen LogP contribution in [-0.4, -0.2) is 5.16 Å². The minimum absolute atomic E-state index is 0.323. The summed E-state index contributed by atoms with van der Waals surface area (Å²) in [5.74, 6) is 1.43.